The van der Waals surface area contributed by atoms with Crippen LogP contribution in [-0.4, -0.2) is 11.2 Å². The van der Waals surface area contributed by atoms with Crippen molar-refractivity contribution in [2.45, 2.75) is 20.3 Å². The summed E-state index contributed by atoms with van der Waals surface area (Å²) < 4.78 is 0. The molecule has 0 unspecified atom stereocenters. The van der Waals surface area contributed by atoms with Crippen LogP contribution in [0.2, 0.25) is 0 Å². The first-order chi connectivity index (χ1) is 5.63. The van der Waals surface area contributed by atoms with Crippen LogP contribution in [0.15, 0.2) is 24.4 Å². The lowest BCUT2D eigenvalue weighted by Crippen LogP contribution is -2.12. The molecule has 0 spiro atoms. The van der Waals surface area contributed by atoms with Gasteiger partial charge in [-0.3, -0.25) is 5.32 Å². The fourth-order valence-electron chi connectivity index (χ4n) is 0.628. The largest absolute Gasteiger partial charge is 0.465 e. The van der Waals surface area contributed by atoms with Gasteiger partial charge in [0.05, 0.1) is 0 Å². The minimum Gasteiger partial charge on any atom is -0.465 e. The fourth-order valence-corrected chi connectivity index (χ4v) is 0.628. The van der Waals surface area contributed by atoms with Crippen molar-refractivity contribution >= 4 is 6.09 Å². The van der Waals surface area contributed by atoms with Crippen molar-refractivity contribution in [3.05, 3.63) is 24.4 Å². The van der Waals surface area contributed by atoms with E-state index in [2.05, 4.69) is 25.2 Å². The number of carboxylic acid groups (broad SMARTS) is 1. The maximum Gasteiger partial charge on any atom is 0.408 e. The van der Waals surface area contributed by atoms with E-state index in [4.69, 9.17) is 5.11 Å². The van der Waals surface area contributed by atoms with Gasteiger partial charge in [0, 0.05) is 6.20 Å². The average molecular weight is 169 g/mol. The molecular weight excluding hydrogens is 154 g/mol. The third kappa shape index (κ3) is 8.75. The van der Waals surface area contributed by atoms with E-state index in [-0.39, 0.29) is 0 Å². The smallest absolute Gasteiger partial charge is 0.408 e. The van der Waals surface area contributed by atoms with Crippen molar-refractivity contribution in [2.24, 2.45) is 5.92 Å². The van der Waals surface area contributed by atoms with Gasteiger partial charge in [0.2, 0.25) is 0 Å². The van der Waals surface area contributed by atoms with Gasteiger partial charge in [-0.05, 0) is 12.3 Å². The van der Waals surface area contributed by atoms with Crippen molar-refractivity contribution in [2.75, 3.05) is 0 Å². The highest BCUT2D eigenvalue weighted by atomic mass is 16.4. The maximum absolute atomic E-state index is 9.96. The van der Waals surface area contributed by atoms with Gasteiger partial charge in [-0.1, -0.05) is 32.1 Å². The molecule has 0 heterocycles. The Kier molecular flexibility index (Phi) is 5.79. The number of carbonyl (C=O) groups is 1. The lowest BCUT2D eigenvalue weighted by atomic mass is 10.2. The van der Waals surface area contributed by atoms with E-state index in [1.54, 1.807) is 6.08 Å². The van der Waals surface area contributed by atoms with E-state index in [9.17, 15) is 4.79 Å². The molecule has 3 nitrogen and oxygen atoms in total. The van der Waals surface area contributed by atoms with Gasteiger partial charge in [-0.15, -0.1) is 0 Å². The Morgan fingerprint density at radius 1 is 1.50 bits per heavy atom. The number of allylic oxidation sites excluding steroid dienone is 3. The normalized spacial score (nSPS) is 11.6. The van der Waals surface area contributed by atoms with Crippen LogP contribution < -0.4 is 5.32 Å². The highest BCUT2D eigenvalue weighted by Crippen LogP contribution is 1.95. The summed E-state index contributed by atoms with van der Waals surface area (Å²) in [5, 5.41) is 10.3. The highest BCUT2D eigenvalue weighted by molar-refractivity contribution is 5.65. The van der Waals surface area contributed by atoms with Crippen LogP contribution in [0.4, 0.5) is 4.79 Å². The monoisotopic (exact) mass is 169 g/mol. The molecule has 0 aromatic rings. The number of hydrogen-bond acceptors (Lipinski definition) is 1. The summed E-state index contributed by atoms with van der Waals surface area (Å²) in [5.74, 6) is 0.547. The quantitative estimate of drug-likeness (QED) is 0.635. The third-order valence-corrected chi connectivity index (χ3v) is 1.12. The molecule has 0 aromatic heterocycles. The fraction of sp³-hybridized carbons (Fsp3) is 0.444. The topological polar surface area (TPSA) is 49.3 Å². The van der Waals surface area contributed by atoms with Gasteiger partial charge in [0.25, 0.3) is 0 Å². The Morgan fingerprint density at radius 3 is 2.67 bits per heavy atom. The lowest BCUT2D eigenvalue weighted by molar-refractivity contribution is 0.198. The predicted octanol–water partition coefficient (Wildman–Crippen LogP) is 2.37. The molecule has 0 aromatic carbocycles. The first kappa shape index (κ1) is 10.8. The molecule has 0 aliphatic rings. The second-order valence-corrected chi connectivity index (χ2v) is 2.76. The molecule has 0 aliphatic heterocycles. The van der Waals surface area contributed by atoms with Gasteiger partial charge in [-0.2, -0.15) is 0 Å². The summed E-state index contributed by atoms with van der Waals surface area (Å²) in [5.41, 5.74) is 0. The second-order valence-electron chi connectivity index (χ2n) is 2.76. The Labute approximate surface area is 72.8 Å². The van der Waals surface area contributed by atoms with Crippen molar-refractivity contribution in [1.29, 1.82) is 0 Å². The second kappa shape index (κ2) is 6.46. The van der Waals surface area contributed by atoms with Crippen molar-refractivity contribution < 1.29 is 9.90 Å². The first-order valence-electron chi connectivity index (χ1n) is 3.94. The van der Waals surface area contributed by atoms with E-state index < -0.39 is 6.09 Å². The number of amides is 1. The minimum absolute atomic E-state index is 0.547. The summed E-state index contributed by atoms with van der Waals surface area (Å²) in [6.45, 7) is 4.19. The molecule has 0 radical (unpaired) electrons. The van der Waals surface area contributed by atoms with Crippen LogP contribution in [0.25, 0.3) is 0 Å². The zero-order valence-electron chi connectivity index (χ0n) is 7.45. The Balaban J connectivity index is 3.42. The van der Waals surface area contributed by atoms with E-state index in [1.807, 2.05) is 6.08 Å². The SMILES string of the molecule is CC(C)/C=C\C/C=C\NC(=O)O. The Morgan fingerprint density at radius 2 is 2.17 bits per heavy atom. The van der Waals surface area contributed by atoms with Gasteiger partial charge in [0.1, 0.15) is 0 Å². The average Bonchev–Trinajstić information content (AvgIpc) is 1.95. The zero-order chi connectivity index (χ0) is 9.40. The van der Waals surface area contributed by atoms with Gasteiger partial charge < -0.3 is 5.11 Å². The molecule has 0 saturated heterocycles. The van der Waals surface area contributed by atoms with Crippen LogP contribution >= 0.6 is 0 Å². The Hall–Kier alpha value is -1.25. The highest BCUT2D eigenvalue weighted by Gasteiger charge is 1.84. The number of nitrogens with one attached hydrogen (secondary N) is 1. The molecule has 0 bridgehead atoms. The first-order valence-corrected chi connectivity index (χ1v) is 3.94. The van der Waals surface area contributed by atoms with Crippen molar-refractivity contribution in [3.63, 3.8) is 0 Å². The summed E-state index contributed by atoms with van der Waals surface area (Å²) in [6, 6.07) is 0. The molecule has 1 amide bonds. The molecule has 3 heteroatoms. The van der Waals surface area contributed by atoms with Gasteiger partial charge in [-0.25, -0.2) is 4.79 Å². The molecule has 2 N–H and O–H groups in total. The summed E-state index contributed by atoms with van der Waals surface area (Å²) >= 11 is 0. The molecule has 0 atom stereocenters. The van der Waals surface area contributed by atoms with E-state index >= 15 is 0 Å². The standard InChI is InChI=1S/C9H15NO2/c1-8(2)6-4-3-5-7-10-9(11)12/h4-8,10H,3H2,1-2H3,(H,11,12)/b6-4-,7-5-. The van der Waals surface area contributed by atoms with Crippen LogP contribution in [0.3, 0.4) is 0 Å². The van der Waals surface area contributed by atoms with E-state index in [1.165, 1.54) is 6.20 Å². The molecule has 12 heavy (non-hydrogen) atoms. The maximum atomic E-state index is 9.96. The minimum atomic E-state index is -1.03. The lowest BCUT2D eigenvalue weighted by Gasteiger charge is -1.91. The van der Waals surface area contributed by atoms with Gasteiger partial charge >= 0.3 is 6.09 Å². The molecule has 0 rings (SSSR count). The van der Waals surface area contributed by atoms with Crippen LogP contribution in [0, 0.1) is 5.92 Å². The van der Waals surface area contributed by atoms with Crippen LogP contribution in [-0.2, 0) is 0 Å². The number of hydrogen-bond donors (Lipinski definition) is 2. The molecule has 0 aliphatic carbocycles. The van der Waals surface area contributed by atoms with Crippen LogP contribution in [0.1, 0.15) is 20.3 Å². The third-order valence-electron chi connectivity index (χ3n) is 1.12. The van der Waals surface area contributed by atoms with Crippen LogP contribution in [0.5, 0.6) is 0 Å². The Bertz CT molecular complexity index is 183. The molecule has 68 valence electrons. The van der Waals surface area contributed by atoms with Crippen molar-refractivity contribution in [1.82, 2.24) is 5.32 Å². The van der Waals surface area contributed by atoms with E-state index in [0.29, 0.717) is 5.92 Å². The molecule has 0 fully saturated rings. The molecular formula is C9H15NO2. The van der Waals surface area contributed by atoms with Gasteiger partial charge in [0.15, 0.2) is 0 Å². The summed E-state index contributed by atoms with van der Waals surface area (Å²) in [7, 11) is 0. The molecule has 0 saturated carbocycles. The number of rotatable bonds is 4. The van der Waals surface area contributed by atoms with E-state index in [0.717, 1.165) is 6.42 Å². The predicted molar refractivity (Wildman–Crippen MR) is 48.9 cm³/mol. The van der Waals surface area contributed by atoms with Crippen molar-refractivity contribution in [3.8, 4) is 0 Å². The summed E-state index contributed by atoms with van der Waals surface area (Å²) in [4.78, 5) is 9.96. The zero-order valence-corrected chi connectivity index (χ0v) is 7.45. The summed E-state index contributed by atoms with van der Waals surface area (Å²) in [6.07, 6.45) is 6.99.